The highest BCUT2D eigenvalue weighted by Crippen LogP contribution is 2.36. The topological polar surface area (TPSA) is 119 Å². The van der Waals surface area contributed by atoms with E-state index in [1.165, 1.54) is 11.3 Å². The molecule has 3 atom stereocenters. The highest BCUT2D eigenvalue weighted by atomic mass is 32.1. The first kappa shape index (κ1) is 23.9. The number of nitrogen functional groups attached to an aromatic ring is 1. The summed E-state index contributed by atoms with van der Waals surface area (Å²) in [5.41, 5.74) is 16.1. The third-order valence-electron chi connectivity index (χ3n) is 7.36. The maximum absolute atomic E-state index is 15.1. The second kappa shape index (κ2) is 8.69. The molecule has 1 fully saturated rings. The summed E-state index contributed by atoms with van der Waals surface area (Å²) in [4.78, 5) is 25.4. The summed E-state index contributed by atoms with van der Waals surface area (Å²) in [5.74, 6) is -0.279. The number of carbonyl (C=O) groups excluding carboxylic acids is 1. The van der Waals surface area contributed by atoms with Gasteiger partial charge >= 0.3 is 0 Å². The Morgan fingerprint density at radius 2 is 2.11 bits per heavy atom. The maximum atomic E-state index is 15.1. The number of rotatable bonds is 4. The van der Waals surface area contributed by atoms with Crippen LogP contribution in [0.15, 0.2) is 12.1 Å². The second-order valence-electron chi connectivity index (χ2n) is 9.92. The lowest BCUT2D eigenvalue weighted by atomic mass is 9.91. The van der Waals surface area contributed by atoms with Crippen LogP contribution in [-0.2, 0) is 17.6 Å². The van der Waals surface area contributed by atoms with Crippen LogP contribution in [0.25, 0.3) is 10.2 Å². The number of ether oxygens (including phenoxy) is 1. The Morgan fingerprint density at radius 3 is 2.83 bits per heavy atom. The summed E-state index contributed by atoms with van der Waals surface area (Å²) >= 11 is 1.31. The molecule has 5 rings (SSSR count). The van der Waals surface area contributed by atoms with Crippen LogP contribution in [0.4, 0.5) is 15.9 Å². The molecule has 3 aromatic heterocycles. The van der Waals surface area contributed by atoms with Crippen LogP contribution in [-0.4, -0.2) is 53.8 Å². The van der Waals surface area contributed by atoms with Gasteiger partial charge in [-0.05, 0) is 63.3 Å². The third kappa shape index (κ3) is 4.13. The molecule has 1 aliphatic heterocycles. The zero-order chi connectivity index (χ0) is 25.1. The van der Waals surface area contributed by atoms with Gasteiger partial charge in [-0.3, -0.25) is 4.79 Å². The molecule has 3 unspecified atom stereocenters. The molecule has 3 aromatic rings. The van der Waals surface area contributed by atoms with Gasteiger partial charge < -0.3 is 26.4 Å². The summed E-state index contributed by atoms with van der Waals surface area (Å²) in [6, 6.07) is 3.16. The summed E-state index contributed by atoms with van der Waals surface area (Å²) < 4.78 is 20.7. The molecule has 1 aliphatic carbocycles. The smallest absolute Gasteiger partial charge is 0.263 e. The molecule has 0 spiro atoms. The highest BCUT2D eigenvalue weighted by molar-refractivity contribution is 7.21. The maximum Gasteiger partial charge on any atom is 0.263 e. The highest BCUT2D eigenvalue weighted by Gasteiger charge is 2.42. The van der Waals surface area contributed by atoms with Crippen LogP contribution in [0, 0.1) is 19.7 Å². The minimum Gasteiger partial charge on any atom is -0.397 e. The second-order valence-corrected chi connectivity index (χ2v) is 10.9. The predicted molar refractivity (Wildman–Crippen MR) is 137 cm³/mol. The molecule has 10 heteroatoms. The summed E-state index contributed by atoms with van der Waals surface area (Å²) in [6.45, 7) is 6.80. The number of aromatic nitrogens is 2. The number of hydrogen-bond acceptors (Lipinski definition) is 8. The van der Waals surface area contributed by atoms with E-state index in [2.05, 4.69) is 15.3 Å². The van der Waals surface area contributed by atoms with Gasteiger partial charge in [0.2, 0.25) is 0 Å². The number of aryl methyl sites for hydroxylation is 3. The molecule has 0 bridgehead atoms. The molecule has 1 saturated heterocycles. The van der Waals surface area contributed by atoms with Gasteiger partial charge in [0.1, 0.15) is 9.71 Å². The number of anilines is 2. The molecule has 4 heterocycles. The number of nitrogens with zero attached hydrogens (tertiary/aromatic N) is 3. The van der Waals surface area contributed by atoms with Crippen LogP contribution < -0.4 is 21.7 Å². The van der Waals surface area contributed by atoms with Crippen molar-refractivity contribution < 1.29 is 13.9 Å². The molecule has 0 radical (unpaired) electrons. The first-order valence-corrected chi connectivity index (χ1v) is 12.6. The van der Waals surface area contributed by atoms with Gasteiger partial charge in [-0.1, -0.05) is 0 Å². The number of pyridine rings is 2. The SMILES string of the molecule is COC1(C)CN(c2nc3c(cc2F)CC(NC(=O)c2sc4nc(C)cc(C)c4c2N)CC3)CC1N. The molecule has 35 heavy (non-hydrogen) atoms. The number of nitrogens with two attached hydrogens (primary N) is 2. The molecule has 186 valence electrons. The lowest BCUT2D eigenvalue weighted by Crippen LogP contribution is -2.45. The molecule has 5 N–H and O–H groups in total. The van der Waals surface area contributed by atoms with Crippen LogP contribution in [0.1, 0.15) is 45.5 Å². The van der Waals surface area contributed by atoms with Gasteiger partial charge in [-0.2, -0.15) is 0 Å². The number of carbonyl (C=O) groups is 1. The van der Waals surface area contributed by atoms with Crippen molar-refractivity contribution >= 4 is 39.0 Å². The Morgan fingerprint density at radius 1 is 1.34 bits per heavy atom. The van der Waals surface area contributed by atoms with Gasteiger partial charge in [-0.25, -0.2) is 14.4 Å². The molecular formula is C25H31FN6O2S. The average Bonchev–Trinajstić information content (AvgIpc) is 3.29. The Labute approximate surface area is 207 Å². The fraction of sp³-hybridized carbons (Fsp3) is 0.480. The third-order valence-corrected chi connectivity index (χ3v) is 8.46. The van der Waals surface area contributed by atoms with E-state index in [-0.39, 0.29) is 23.8 Å². The van der Waals surface area contributed by atoms with Crippen LogP contribution in [0.3, 0.4) is 0 Å². The van der Waals surface area contributed by atoms with Crippen molar-refractivity contribution in [2.75, 3.05) is 30.8 Å². The van der Waals surface area contributed by atoms with Gasteiger partial charge in [0, 0.05) is 43.0 Å². The number of halogens is 1. The van der Waals surface area contributed by atoms with Gasteiger partial charge in [0.15, 0.2) is 11.6 Å². The molecule has 8 nitrogen and oxygen atoms in total. The van der Waals surface area contributed by atoms with Crippen molar-refractivity contribution in [2.45, 2.75) is 57.7 Å². The van der Waals surface area contributed by atoms with E-state index >= 15 is 4.39 Å². The van der Waals surface area contributed by atoms with Crippen molar-refractivity contribution in [1.82, 2.24) is 15.3 Å². The van der Waals surface area contributed by atoms with Crippen LogP contribution in [0.5, 0.6) is 0 Å². The summed E-state index contributed by atoms with van der Waals surface area (Å²) in [6.07, 6.45) is 1.88. The number of amides is 1. The molecule has 0 aromatic carbocycles. The standard InChI is InChI=1S/C25H31FN6O2S/c1-12-7-13(2)29-24-19(12)20(28)21(35-24)23(33)30-15-5-6-17-14(8-15)9-16(26)22(31-17)32-10-18(27)25(3,11-32)34-4/h7,9,15,18H,5-6,8,10-11,27-28H2,1-4H3,(H,30,33). The number of fused-ring (bicyclic) bond motifs is 2. The molecular weight excluding hydrogens is 467 g/mol. The fourth-order valence-corrected chi connectivity index (χ4v) is 6.35. The minimum atomic E-state index is -0.541. The Kier molecular flexibility index (Phi) is 5.93. The Bertz CT molecular complexity index is 1330. The normalized spacial score (nSPS) is 24.1. The zero-order valence-corrected chi connectivity index (χ0v) is 21.3. The van der Waals surface area contributed by atoms with E-state index in [4.69, 9.17) is 16.2 Å². The fourth-order valence-electron chi connectivity index (χ4n) is 5.23. The zero-order valence-electron chi connectivity index (χ0n) is 20.4. The van der Waals surface area contributed by atoms with Crippen LogP contribution >= 0.6 is 11.3 Å². The van der Waals surface area contributed by atoms with Crippen LogP contribution in [0.2, 0.25) is 0 Å². The van der Waals surface area contributed by atoms with E-state index in [1.54, 1.807) is 13.2 Å². The first-order chi connectivity index (χ1) is 16.6. The lowest BCUT2D eigenvalue weighted by molar-refractivity contribution is 0.0128. The molecule has 2 aliphatic rings. The van der Waals surface area contributed by atoms with Crippen molar-refractivity contribution in [2.24, 2.45) is 5.73 Å². The predicted octanol–water partition coefficient (Wildman–Crippen LogP) is 2.87. The Hall–Kier alpha value is -2.82. The molecule has 1 amide bonds. The number of methoxy groups -OCH3 is 1. The van der Waals surface area contributed by atoms with Crippen molar-refractivity contribution in [3.05, 3.63) is 45.3 Å². The minimum absolute atomic E-state index is 0.126. The van der Waals surface area contributed by atoms with Crippen molar-refractivity contribution in [3.8, 4) is 0 Å². The van der Waals surface area contributed by atoms with E-state index in [0.717, 1.165) is 32.7 Å². The summed E-state index contributed by atoms with van der Waals surface area (Å²) in [7, 11) is 1.62. The van der Waals surface area contributed by atoms with E-state index in [0.29, 0.717) is 48.7 Å². The number of thiophene rings is 1. The number of nitrogens with one attached hydrogen (secondary N) is 1. The monoisotopic (exact) mass is 498 g/mol. The largest absolute Gasteiger partial charge is 0.397 e. The van der Waals surface area contributed by atoms with Crippen molar-refractivity contribution in [1.29, 1.82) is 0 Å². The first-order valence-electron chi connectivity index (χ1n) is 11.8. The average molecular weight is 499 g/mol. The molecule has 0 saturated carbocycles. The number of hydrogen-bond donors (Lipinski definition) is 3. The quantitative estimate of drug-likeness (QED) is 0.506. The Balaban J connectivity index is 1.33. The summed E-state index contributed by atoms with van der Waals surface area (Å²) in [5, 5.41) is 3.93. The van der Waals surface area contributed by atoms with Gasteiger partial charge in [0.05, 0.1) is 17.3 Å². The van der Waals surface area contributed by atoms with E-state index in [1.807, 2.05) is 31.7 Å². The van der Waals surface area contributed by atoms with Crippen molar-refractivity contribution in [3.63, 3.8) is 0 Å². The van der Waals surface area contributed by atoms with Gasteiger partial charge in [-0.15, -0.1) is 11.3 Å². The lowest BCUT2D eigenvalue weighted by Gasteiger charge is -2.28. The van der Waals surface area contributed by atoms with E-state index < -0.39 is 5.60 Å². The van der Waals surface area contributed by atoms with E-state index in [9.17, 15) is 4.79 Å². The van der Waals surface area contributed by atoms with Gasteiger partial charge in [0.25, 0.3) is 5.91 Å².